The molecular formula is C21H27F2NO4. The highest BCUT2D eigenvalue weighted by Gasteiger charge is 2.37. The Bertz CT molecular complexity index is 766. The van der Waals surface area contributed by atoms with Crippen molar-refractivity contribution in [3.63, 3.8) is 0 Å². The predicted molar refractivity (Wildman–Crippen MR) is 101 cm³/mol. The van der Waals surface area contributed by atoms with Gasteiger partial charge in [-0.3, -0.25) is 4.79 Å². The number of carbonyl (C=O) groups excluding carboxylic acids is 1. The molecule has 1 heterocycles. The molecule has 0 radical (unpaired) electrons. The van der Waals surface area contributed by atoms with Gasteiger partial charge in [-0.15, -0.1) is 0 Å². The maximum absolute atomic E-state index is 14.7. The molecular weight excluding hydrogens is 368 g/mol. The summed E-state index contributed by atoms with van der Waals surface area (Å²) in [4.78, 5) is 23.2. The Morgan fingerprint density at radius 1 is 1.11 bits per heavy atom. The number of ketones is 1. The van der Waals surface area contributed by atoms with E-state index in [1.165, 1.54) is 25.3 Å². The normalized spacial score (nSPS) is 17.4. The number of Topliss-reactive ketones (excluding diaryl/α,β-unsaturated/α-hetero) is 1. The average Bonchev–Trinajstić information content (AvgIpc) is 2.62. The zero-order chi connectivity index (χ0) is 20.8. The summed E-state index contributed by atoms with van der Waals surface area (Å²) in [6.45, 7) is 7.53. The van der Waals surface area contributed by atoms with Crippen LogP contribution in [0.2, 0.25) is 0 Å². The van der Waals surface area contributed by atoms with E-state index in [0.717, 1.165) is 0 Å². The molecule has 0 amide bonds. The fourth-order valence-corrected chi connectivity index (χ4v) is 3.25. The second-order valence-electron chi connectivity index (χ2n) is 6.98. The molecule has 0 bridgehead atoms. The van der Waals surface area contributed by atoms with E-state index in [-0.39, 0.29) is 30.5 Å². The summed E-state index contributed by atoms with van der Waals surface area (Å²) in [7, 11) is 1.54. The van der Waals surface area contributed by atoms with Crippen molar-refractivity contribution >= 4 is 5.78 Å². The SMILES string of the molecule is COCCOOCC1=C(C)NC(C)=C(C(=O)C(C)C)C1c1c(F)cccc1F. The molecule has 0 saturated heterocycles. The number of benzene rings is 1. The summed E-state index contributed by atoms with van der Waals surface area (Å²) in [5.41, 5.74) is 1.95. The van der Waals surface area contributed by atoms with E-state index in [2.05, 4.69) is 5.32 Å². The highest BCUT2D eigenvalue weighted by Crippen LogP contribution is 2.41. The van der Waals surface area contributed by atoms with Crippen LogP contribution in [0.15, 0.2) is 40.7 Å². The van der Waals surface area contributed by atoms with Crippen LogP contribution in [-0.4, -0.2) is 32.7 Å². The van der Waals surface area contributed by atoms with E-state index in [0.29, 0.717) is 29.1 Å². The molecule has 1 aromatic carbocycles. The molecule has 1 atom stereocenters. The summed E-state index contributed by atoms with van der Waals surface area (Å²) >= 11 is 0. The number of halogens is 2. The van der Waals surface area contributed by atoms with Gasteiger partial charge in [-0.1, -0.05) is 19.9 Å². The molecule has 2 rings (SSSR count). The van der Waals surface area contributed by atoms with Gasteiger partial charge in [-0.05, 0) is 31.6 Å². The lowest BCUT2D eigenvalue weighted by Gasteiger charge is -2.32. The molecule has 1 unspecified atom stereocenters. The first-order valence-corrected chi connectivity index (χ1v) is 9.18. The van der Waals surface area contributed by atoms with Gasteiger partial charge in [0.1, 0.15) is 24.8 Å². The monoisotopic (exact) mass is 395 g/mol. The van der Waals surface area contributed by atoms with Crippen molar-refractivity contribution in [2.45, 2.75) is 33.6 Å². The summed E-state index contributed by atoms with van der Waals surface area (Å²) in [5, 5.41) is 3.14. The van der Waals surface area contributed by atoms with Gasteiger partial charge in [0.05, 0.1) is 6.61 Å². The van der Waals surface area contributed by atoms with Crippen molar-refractivity contribution in [3.05, 3.63) is 57.9 Å². The minimum absolute atomic E-state index is 0.0524. The van der Waals surface area contributed by atoms with Crippen LogP contribution in [-0.2, 0) is 19.3 Å². The van der Waals surface area contributed by atoms with Crippen LogP contribution < -0.4 is 5.32 Å². The maximum atomic E-state index is 14.7. The van der Waals surface area contributed by atoms with Crippen molar-refractivity contribution in [1.82, 2.24) is 5.32 Å². The molecule has 1 aliphatic heterocycles. The van der Waals surface area contributed by atoms with Crippen LogP contribution in [0.25, 0.3) is 0 Å². The summed E-state index contributed by atoms with van der Waals surface area (Å²) < 4.78 is 34.3. The van der Waals surface area contributed by atoms with E-state index in [4.69, 9.17) is 14.5 Å². The molecule has 0 fully saturated rings. The standard InChI is InChI=1S/C21H27F2NO4/c1-12(2)21(25)18-14(4)24-13(3)15(11-28-27-10-9-26-5)19(18)20-16(22)7-6-8-17(20)23/h6-8,12,19,24H,9-11H2,1-5H3. The van der Waals surface area contributed by atoms with Crippen LogP contribution in [0.1, 0.15) is 39.2 Å². The average molecular weight is 395 g/mol. The fraction of sp³-hybridized carbons (Fsp3) is 0.476. The van der Waals surface area contributed by atoms with Crippen molar-refractivity contribution in [1.29, 1.82) is 0 Å². The fourth-order valence-electron chi connectivity index (χ4n) is 3.25. The van der Waals surface area contributed by atoms with Gasteiger partial charge in [0.2, 0.25) is 0 Å². The number of hydrogen-bond acceptors (Lipinski definition) is 5. The van der Waals surface area contributed by atoms with E-state index < -0.39 is 17.6 Å². The third-order valence-electron chi connectivity index (χ3n) is 4.64. The lowest BCUT2D eigenvalue weighted by molar-refractivity contribution is -0.292. The van der Waals surface area contributed by atoms with Gasteiger partial charge in [-0.2, -0.15) is 0 Å². The Balaban J connectivity index is 2.49. The molecule has 1 aromatic rings. The maximum Gasteiger partial charge on any atom is 0.164 e. The van der Waals surface area contributed by atoms with E-state index in [1.807, 2.05) is 0 Å². The minimum Gasteiger partial charge on any atom is -0.382 e. The van der Waals surface area contributed by atoms with Gasteiger partial charge in [-0.25, -0.2) is 18.6 Å². The quantitative estimate of drug-likeness (QED) is 0.389. The predicted octanol–water partition coefficient (Wildman–Crippen LogP) is 4.02. The molecule has 7 heteroatoms. The Labute approximate surface area is 164 Å². The van der Waals surface area contributed by atoms with Crippen LogP contribution in [0.4, 0.5) is 8.78 Å². The van der Waals surface area contributed by atoms with Crippen LogP contribution in [0, 0.1) is 17.6 Å². The first-order valence-electron chi connectivity index (χ1n) is 9.18. The van der Waals surface area contributed by atoms with Gasteiger partial charge in [0.25, 0.3) is 0 Å². The molecule has 0 aliphatic carbocycles. The van der Waals surface area contributed by atoms with Crippen molar-refractivity contribution < 1.29 is 28.1 Å². The van der Waals surface area contributed by atoms with Gasteiger partial charge >= 0.3 is 0 Å². The van der Waals surface area contributed by atoms with Crippen LogP contribution in [0.5, 0.6) is 0 Å². The third-order valence-corrected chi connectivity index (χ3v) is 4.64. The Morgan fingerprint density at radius 2 is 1.75 bits per heavy atom. The number of allylic oxidation sites excluding steroid dienone is 3. The Morgan fingerprint density at radius 3 is 2.32 bits per heavy atom. The number of carbonyl (C=O) groups is 1. The molecule has 154 valence electrons. The van der Waals surface area contributed by atoms with Crippen molar-refractivity contribution in [2.24, 2.45) is 5.92 Å². The number of nitrogens with one attached hydrogen (secondary N) is 1. The van der Waals surface area contributed by atoms with Gasteiger partial charge in [0, 0.05) is 41.5 Å². The highest BCUT2D eigenvalue weighted by atomic mass is 19.1. The summed E-state index contributed by atoms with van der Waals surface area (Å²) in [5.74, 6) is -2.83. The molecule has 5 nitrogen and oxygen atoms in total. The molecule has 0 spiro atoms. The Hall–Kier alpha value is -2.09. The van der Waals surface area contributed by atoms with E-state index >= 15 is 0 Å². The van der Waals surface area contributed by atoms with E-state index in [1.54, 1.807) is 27.7 Å². The van der Waals surface area contributed by atoms with Crippen molar-refractivity contribution in [2.75, 3.05) is 26.9 Å². The lowest BCUT2D eigenvalue weighted by atomic mass is 9.77. The first-order chi connectivity index (χ1) is 13.3. The highest BCUT2D eigenvalue weighted by molar-refractivity contribution is 5.99. The Kier molecular flexibility index (Phi) is 7.86. The second kappa shape index (κ2) is 9.91. The number of rotatable bonds is 9. The summed E-state index contributed by atoms with van der Waals surface area (Å²) in [6, 6.07) is 3.68. The third kappa shape index (κ3) is 4.84. The topological polar surface area (TPSA) is 56.8 Å². The molecule has 0 aromatic heterocycles. The molecule has 1 aliphatic rings. The molecule has 0 saturated carbocycles. The smallest absolute Gasteiger partial charge is 0.164 e. The zero-order valence-electron chi connectivity index (χ0n) is 16.9. The first kappa shape index (κ1) is 22.2. The molecule has 1 N–H and O–H groups in total. The number of dihydropyridines is 1. The largest absolute Gasteiger partial charge is 0.382 e. The number of ether oxygens (including phenoxy) is 1. The number of hydrogen-bond donors (Lipinski definition) is 1. The lowest BCUT2D eigenvalue weighted by Crippen LogP contribution is -2.32. The minimum atomic E-state index is -0.900. The van der Waals surface area contributed by atoms with E-state index in [9.17, 15) is 13.6 Å². The van der Waals surface area contributed by atoms with Crippen LogP contribution in [0.3, 0.4) is 0 Å². The number of methoxy groups -OCH3 is 1. The summed E-state index contributed by atoms with van der Waals surface area (Å²) in [6.07, 6.45) is 0. The van der Waals surface area contributed by atoms with Gasteiger partial charge in [0.15, 0.2) is 5.78 Å². The van der Waals surface area contributed by atoms with Gasteiger partial charge < -0.3 is 10.1 Å². The zero-order valence-corrected chi connectivity index (χ0v) is 16.9. The van der Waals surface area contributed by atoms with Crippen molar-refractivity contribution in [3.8, 4) is 0 Å². The molecule has 28 heavy (non-hydrogen) atoms. The van der Waals surface area contributed by atoms with Crippen LogP contribution >= 0.6 is 0 Å². The second-order valence-corrected chi connectivity index (χ2v) is 6.98.